The molecule has 0 bridgehead atoms. The molecule has 0 aliphatic heterocycles. The maximum absolute atomic E-state index is 11.9. The summed E-state index contributed by atoms with van der Waals surface area (Å²) in [5.41, 5.74) is 3.18. The maximum Gasteiger partial charge on any atom is 0.230 e. The van der Waals surface area contributed by atoms with Crippen LogP contribution in [-0.2, 0) is 11.3 Å². The summed E-state index contributed by atoms with van der Waals surface area (Å²) in [5.74, 6) is 0.241. The van der Waals surface area contributed by atoms with Gasteiger partial charge in [-0.1, -0.05) is 11.8 Å². The molecule has 0 aliphatic carbocycles. The molecule has 3 heterocycles. The van der Waals surface area contributed by atoms with E-state index in [1.54, 1.807) is 36.0 Å². The molecule has 0 saturated carbocycles. The Bertz CT molecular complexity index is 763. The number of thioether (sulfide) groups is 1. The van der Waals surface area contributed by atoms with Crippen molar-refractivity contribution in [2.45, 2.75) is 11.7 Å². The summed E-state index contributed by atoms with van der Waals surface area (Å²) in [7, 11) is 0. The molecular weight excluding hydrogens is 328 g/mol. The van der Waals surface area contributed by atoms with Gasteiger partial charge in [0.1, 0.15) is 0 Å². The van der Waals surface area contributed by atoms with E-state index in [-0.39, 0.29) is 5.91 Å². The highest BCUT2D eigenvalue weighted by atomic mass is 32.2. The lowest BCUT2D eigenvalue weighted by Crippen LogP contribution is -2.24. The summed E-state index contributed by atoms with van der Waals surface area (Å²) in [6.07, 6.45) is 6.92. The van der Waals surface area contributed by atoms with Crippen molar-refractivity contribution >= 4 is 29.0 Å². The molecule has 0 aromatic carbocycles. The van der Waals surface area contributed by atoms with Crippen molar-refractivity contribution in [3.8, 4) is 11.1 Å². The van der Waals surface area contributed by atoms with Crippen molar-refractivity contribution in [3.05, 3.63) is 59.3 Å². The van der Waals surface area contributed by atoms with Crippen LogP contribution in [-0.4, -0.2) is 26.6 Å². The predicted octanol–water partition coefficient (Wildman–Crippen LogP) is 3.01. The number of rotatable bonds is 6. The van der Waals surface area contributed by atoms with Crippen LogP contribution in [0.5, 0.6) is 0 Å². The van der Waals surface area contributed by atoms with Crippen molar-refractivity contribution in [1.82, 2.24) is 20.3 Å². The summed E-state index contributed by atoms with van der Waals surface area (Å²) < 4.78 is 0. The van der Waals surface area contributed by atoms with Crippen LogP contribution < -0.4 is 5.32 Å². The molecule has 116 valence electrons. The van der Waals surface area contributed by atoms with E-state index in [9.17, 15) is 4.79 Å². The number of hydrogen-bond acceptors (Lipinski definition) is 6. The molecule has 5 nitrogen and oxygen atoms in total. The van der Waals surface area contributed by atoms with E-state index < -0.39 is 0 Å². The van der Waals surface area contributed by atoms with Crippen molar-refractivity contribution in [2.75, 3.05) is 5.75 Å². The normalized spacial score (nSPS) is 10.4. The zero-order chi connectivity index (χ0) is 15.9. The third-order valence-electron chi connectivity index (χ3n) is 3.01. The number of pyridine rings is 1. The Morgan fingerprint density at radius 3 is 2.87 bits per heavy atom. The highest BCUT2D eigenvalue weighted by Gasteiger charge is 2.05. The van der Waals surface area contributed by atoms with Crippen LogP contribution in [0.1, 0.15) is 5.56 Å². The lowest BCUT2D eigenvalue weighted by molar-refractivity contribution is -0.118. The van der Waals surface area contributed by atoms with E-state index in [2.05, 4.69) is 31.7 Å². The van der Waals surface area contributed by atoms with Crippen LogP contribution in [0.4, 0.5) is 0 Å². The standard InChI is InChI=1S/C16H14N4OS2/c21-15(11-23-16-18-3-1-4-19-16)20-8-12-6-14(9-17-7-12)13-2-5-22-10-13/h1-7,9-10H,8,11H2,(H,20,21). The molecule has 7 heteroatoms. The molecule has 1 amide bonds. The molecule has 3 rings (SSSR count). The average Bonchev–Trinajstić information content (AvgIpc) is 3.14. The van der Waals surface area contributed by atoms with Gasteiger partial charge in [0.05, 0.1) is 5.75 Å². The van der Waals surface area contributed by atoms with Gasteiger partial charge in [-0.3, -0.25) is 9.78 Å². The van der Waals surface area contributed by atoms with E-state index in [1.807, 2.05) is 17.6 Å². The predicted molar refractivity (Wildman–Crippen MR) is 92.2 cm³/mol. The Morgan fingerprint density at radius 2 is 2.09 bits per heavy atom. The number of nitrogens with one attached hydrogen (secondary N) is 1. The van der Waals surface area contributed by atoms with Gasteiger partial charge >= 0.3 is 0 Å². The third kappa shape index (κ3) is 4.61. The maximum atomic E-state index is 11.9. The molecule has 0 atom stereocenters. The molecule has 0 aliphatic rings. The van der Waals surface area contributed by atoms with E-state index in [0.717, 1.165) is 16.7 Å². The largest absolute Gasteiger partial charge is 0.351 e. The Kier molecular flexibility index (Phi) is 5.33. The lowest BCUT2D eigenvalue weighted by Gasteiger charge is -2.06. The minimum absolute atomic E-state index is 0.0524. The summed E-state index contributed by atoms with van der Waals surface area (Å²) in [5, 5.41) is 7.60. The van der Waals surface area contributed by atoms with Crippen molar-refractivity contribution < 1.29 is 4.79 Å². The molecule has 3 aromatic rings. The third-order valence-corrected chi connectivity index (χ3v) is 4.57. The molecule has 0 fully saturated rings. The van der Waals surface area contributed by atoms with E-state index >= 15 is 0 Å². The van der Waals surface area contributed by atoms with Gasteiger partial charge in [0.2, 0.25) is 5.91 Å². The minimum Gasteiger partial charge on any atom is -0.351 e. The molecule has 0 spiro atoms. The van der Waals surface area contributed by atoms with Crippen LogP contribution >= 0.6 is 23.1 Å². The van der Waals surface area contributed by atoms with Crippen molar-refractivity contribution in [2.24, 2.45) is 0 Å². The number of aromatic nitrogens is 3. The molecule has 0 saturated heterocycles. The highest BCUT2D eigenvalue weighted by molar-refractivity contribution is 7.99. The van der Waals surface area contributed by atoms with Crippen LogP contribution in [0.15, 0.2) is 58.9 Å². The smallest absolute Gasteiger partial charge is 0.230 e. The fourth-order valence-corrected chi connectivity index (χ4v) is 3.21. The first-order valence-corrected chi connectivity index (χ1v) is 8.87. The van der Waals surface area contributed by atoms with E-state index in [0.29, 0.717) is 17.5 Å². The van der Waals surface area contributed by atoms with E-state index in [4.69, 9.17) is 0 Å². The van der Waals surface area contributed by atoms with Crippen LogP contribution in [0.25, 0.3) is 11.1 Å². The number of amides is 1. The van der Waals surface area contributed by atoms with Gasteiger partial charge in [-0.25, -0.2) is 9.97 Å². The summed E-state index contributed by atoms with van der Waals surface area (Å²) in [6, 6.07) is 5.85. The quantitative estimate of drug-likeness (QED) is 0.551. The first-order valence-electron chi connectivity index (χ1n) is 6.94. The second kappa shape index (κ2) is 7.85. The summed E-state index contributed by atoms with van der Waals surface area (Å²) in [4.78, 5) is 24.3. The Hall–Kier alpha value is -2.25. The summed E-state index contributed by atoms with van der Waals surface area (Å²) >= 11 is 2.97. The van der Waals surface area contributed by atoms with Gasteiger partial charge in [-0.2, -0.15) is 11.3 Å². The van der Waals surface area contributed by atoms with E-state index in [1.165, 1.54) is 11.8 Å². The summed E-state index contributed by atoms with van der Waals surface area (Å²) in [6.45, 7) is 0.458. The number of thiophene rings is 1. The van der Waals surface area contributed by atoms with Gasteiger partial charge in [-0.05, 0) is 40.1 Å². The lowest BCUT2D eigenvalue weighted by atomic mass is 10.1. The van der Waals surface area contributed by atoms with Gasteiger partial charge in [0.25, 0.3) is 0 Å². The zero-order valence-electron chi connectivity index (χ0n) is 12.2. The molecule has 1 N–H and O–H groups in total. The molecular formula is C16H14N4OS2. The Labute approximate surface area is 142 Å². The van der Waals surface area contributed by atoms with Crippen molar-refractivity contribution in [3.63, 3.8) is 0 Å². The monoisotopic (exact) mass is 342 g/mol. The SMILES string of the molecule is O=C(CSc1ncccn1)NCc1cncc(-c2ccsc2)c1. The van der Waals surface area contributed by atoms with Gasteiger partial charge in [-0.15, -0.1) is 0 Å². The van der Waals surface area contributed by atoms with Crippen LogP contribution in [0, 0.1) is 0 Å². The number of nitrogens with zero attached hydrogens (tertiary/aromatic N) is 3. The fraction of sp³-hybridized carbons (Fsp3) is 0.125. The molecule has 3 aromatic heterocycles. The second-order valence-corrected chi connectivity index (χ2v) is 6.41. The van der Waals surface area contributed by atoms with Gasteiger partial charge in [0, 0.05) is 36.9 Å². The number of hydrogen-bond donors (Lipinski definition) is 1. The first-order chi connectivity index (χ1) is 11.3. The zero-order valence-corrected chi connectivity index (χ0v) is 13.8. The molecule has 0 radical (unpaired) electrons. The highest BCUT2D eigenvalue weighted by Crippen LogP contribution is 2.21. The Morgan fingerprint density at radius 1 is 1.22 bits per heavy atom. The number of carbonyl (C=O) groups excluding carboxylic acids is 1. The van der Waals surface area contributed by atoms with Crippen LogP contribution in [0.3, 0.4) is 0 Å². The minimum atomic E-state index is -0.0524. The molecule has 0 unspecified atom stereocenters. The fourth-order valence-electron chi connectivity index (χ4n) is 1.91. The van der Waals surface area contributed by atoms with Crippen LogP contribution in [0.2, 0.25) is 0 Å². The van der Waals surface area contributed by atoms with Gasteiger partial charge in [0.15, 0.2) is 5.16 Å². The topological polar surface area (TPSA) is 67.8 Å². The molecule has 23 heavy (non-hydrogen) atoms. The second-order valence-electron chi connectivity index (χ2n) is 4.69. The first kappa shape index (κ1) is 15.6. The Balaban J connectivity index is 1.52. The van der Waals surface area contributed by atoms with Crippen molar-refractivity contribution in [1.29, 1.82) is 0 Å². The van der Waals surface area contributed by atoms with Gasteiger partial charge < -0.3 is 5.32 Å². The number of carbonyl (C=O) groups is 1. The average molecular weight is 342 g/mol.